The number of aromatic nitrogens is 1. The van der Waals surface area contributed by atoms with E-state index in [2.05, 4.69) is 20.9 Å². The Bertz CT molecular complexity index is 1130. The van der Waals surface area contributed by atoms with Crippen molar-refractivity contribution in [3.63, 3.8) is 0 Å². The van der Waals surface area contributed by atoms with Gasteiger partial charge >= 0.3 is 0 Å². The quantitative estimate of drug-likeness (QED) is 0.566. The molecule has 2 aromatic rings. The normalized spacial score (nSPS) is 20.7. The fraction of sp³-hybridized carbons (Fsp3) is 0.348. The molecule has 3 aliphatic heterocycles. The highest BCUT2D eigenvalue weighted by Crippen LogP contribution is 2.30. The van der Waals surface area contributed by atoms with Crippen LogP contribution >= 0.6 is 0 Å². The third-order valence-electron chi connectivity index (χ3n) is 6.25. The minimum Gasteiger partial charge on any atom is -0.366 e. The third kappa shape index (κ3) is 4.05. The minimum atomic E-state index is -0.634. The number of anilines is 2. The maximum Gasteiger partial charge on any atom is 0.255 e. The third-order valence-corrected chi connectivity index (χ3v) is 6.25. The standard InChI is InChI=1S/C23H24N6O4/c30-19-7-5-17(22(32)27-19)29-13-15-3-1-2-14(21(15)23(29)33)10-25-18-6-4-16(11-26-18)28-9-8-24-12-20(28)31/h1-4,6,11,17,24H,5,7-10,12-13H2,(H,25,26)(H,27,30,32). The molecule has 10 nitrogen and oxygen atoms in total. The first-order chi connectivity index (χ1) is 16.0. The number of piperazine rings is 1. The second kappa shape index (κ2) is 8.62. The summed E-state index contributed by atoms with van der Waals surface area (Å²) in [4.78, 5) is 56.6. The zero-order valence-electron chi connectivity index (χ0n) is 18.0. The fourth-order valence-corrected chi connectivity index (χ4v) is 4.55. The SMILES string of the molecule is O=C1CCC(N2Cc3cccc(CNc4ccc(N5CCNCC5=O)cn4)c3C2=O)C(=O)N1. The van der Waals surface area contributed by atoms with E-state index in [4.69, 9.17) is 0 Å². The lowest BCUT2D eigenvalue weighted by atomic mass is 10.0. The number of rotatable bonds is 5. The van der Waals surface area contributed by atoms with Gasteiger partial charge in [-0.15, -0.1) is 0 Å². The Balaban J connectivity index is 1.28. The molecule has 3 aliphatic rings. The lowest BCUT2D eigenvalue weighted by Crippen LogP contribution is -2.52. The Morgan fingerprint density at radius 3 is 2.76 bits per heavy atom. The maximum atomic E-state index is 13.2. The summed E-state index contributed by atoms with van der Waals surface area (Å²) in [6.45, 7) is 2.41. The summed E-state index contributed by atoms with van der Waals surface area (Å²) in [5.41, 5.74) is 3.03. The van der Waals surface area contributed by atoms with Crippen LogP contribution < -0.4 is 20.9 Å². The van der Waals surface area contributed by atoms with Gasteiger partial charge in [0.25, 0.3) is 5.91 Å². The number of hydrogen-bond donors (Lipinski definition) is 3. The summed E-state index contributed by atoms with van der Waals surface area (Å²) in [5, 5.41) is 8.61. The Hall–Kier alpha value is -3.79. The van der Waals surface area contributed by atoms with Gasteiger partial charge in [0.15, 0.2) is 0 Å². The van der Waals surface area contributed by atoms with Crippen LogP contribution in [0.4, 0.5) is 11.5 Å². The van der Waals surface area contributed by atoms with Crippen LogP contribution in [0.3, 0.4) is 0 Å². The Labute approximate surface area is 190 Å². The zero-order chi connectivity index (χ0) is 22.9. The summed E-state index contributed by atoms with van der Waals surface area (Å²) in [6, 6.07) is 8.69. The number of fused-ring (bicyclic) bond motifs is 1. The van der Waals surface area contributed by atoms with Crippen LogP contribution in [0.2, 0.25) is 0 Å². The van der Waals surface area contributed by atoms with E-state index in [-0.39, 0.29) is 24.1 Å². The summed E-state index contributed by atoms with van der Waals surface area (Å²) >= 11 is 0. The first-order valence-corrected chi connectivity index (χ1v) is 11.0. The van der Waals surface area contributed by atoms with Gasteiger partial charge in [-0.3, -0.25) is 24.5 Å². The molecule has 1 aromatic heterocycles. The molecule has 1 unspecified atom stereocenters. The van der Waals surface area contributed by atoms with Crippen molar-refractivity contribution in [2.24, 2.45) is 0 Å². The lowest BCUT2D eigenvalue weighted by Gasteiger charge is -2.29. The molecule has 1 atom stereocenters. The highest BCUT2D eigenvalue weighted by Gasteiger charge is 2.39. The average molecular weight is 448 g/mol. The number of carbonyl (C=O) groups is 4. The van der Waals surface area contributed by atoms with E-state index in [1.165, 1.54) is 0 Å². The number of hydrogen-bond acceptors (Lipinski definition) is 7. The topological polar surface area (TPSA) is 124 Å². The molecule has 0 aliphatic carbocycles. The van der Waals surface area contributed by atoms with Gasteiger partial charge in [0.05, 0.1) is 18.4 Å². The molecule has 0 saturated carbocycles. The van der Waals surface area contributed by atoms with Gasteiger partial charge in [-0.25, -0.2) is 4.98 Å². The number of imide groups is 1. The minimum absolute atomic E-state index is 0.0164. The van der Waals surface area contributed by atoms with E-state index in [9.17, 15) is 19.2 Å². The molecule has 10 heteroatoms. The van der Waals surface area contributed by atoms with Crippen molar-refractivity contribution in [1.82, 2.24) is 20.5 Å². The molecule has 4 amide bonds. The molecule has 2 fully saturated rings. The summed E-state index contributed by atoms with van der Waals surface area (Å²) in [6.07, 6.45) is 2.23. The fourth-order valence-electron chi connectivity index (χ4n) is 4.55. The first-order valence-electron chi connectivity index (χ1n) is 11.0. The van der Waals surface area contributed by atoms with Crippen molar-refractivity contribution in [2.75, 3.05) is 29.9 Å². The number of pyridine rings is 1. The van der Waals surface area contributed by atoms with Gasteiger partial charge in [-0.2, -0.15) is 0 Å². The average Bonchev–Trinajstić information content (AvgIpc) is 3.15. The van der Waals surface area contributed by atoms with Gasteiger partial charge in [-0.1, -0.05) is 18.2 Å². The Kier molecular flexibility index (Phi) is 5.51. The molecular weight excluding hydrogens is 424 g/mol. The molecule has 0 radical (unpaired) electrons. The number of piperidine rings is 1. The Morgan fingerprint density at radius 2 is 2.00 bits per heavy atom. The molecule has 33 heavy (non-hydrogen) atoms. The first kappa shape index (κ1) is 21.1. The van der Waals surface area contributed by atoms with Crippen LogP contribution in [-0.2, 0) is 27.5 Å². The maximum absolute atomic E-state index is 13.2. The van der Waals surface area contributed by atoms with Gasteiger partial charge in [-0.05, 0) is 29.7 Å². The molecule has 2 saturated heterocycles. The number of nitrogens with one attached hydrogen (secondary N) is 3. The van der Waals surface area contributed by atoms with Gasteiger partial charge in [0, 0.05) is 38.2 Å². The van der Waals surface area contributed by atoms with E-state index in [0.717, 1.165) is 23.4 Å². The molecule has 1 aromatic carbocycles. The van der Waals surface area contributed by atoms with E-state index in [1.54, 1.807) is 16.0 Å². The van der Waals surface area contributed by atoms with E-state index in [0.29, 0.717) is 44.0 Å². The highest BCUT2D eigenvalue weighted by atomic mass is 16.2. The van der Waals surface area contributed by atoms with Crippen LogP contribution in [0.25, 0.3) is 0 Å². The number of carbonyl (C=O) groups excluding carboxylic acids is 4. The van der Waals surface area contributed by atoms with Crippen LogP contribution in [0, 0.1) is 0 Å². The number of amides is 4. The van der Waals surface area contributed by atoms with E-state index in [1.807, 2.05) is 30.3 Å². The van der Waals surface area contributed by atoms with Crippen molar-refractivity contribution in [3.8, 4) is 0 Å². The Morgan fingerprint density at radius 1 is 1.12 bits per heavy atom. The summed E-state index contributed by atoms with van der Waals surface area (Å²) in [7, 11) is 0. The van der Waals surface area contributed by atoms with Crippen LogP contribution in [0.5, 0.6) is 0 Å². The predicted octanol–water partition coefficient (Wildman–Crippen LogP) is 0.391. The molecule has 0 spiro atoms. The van der Waals surface area contributed by atoms with Crippen LogP contribution in [0.1, 0.15) is 34.3 Å². The zero-order valence-corrected chi connectivity index (χ0v) is 18.0. The van der Waals surface area contributed by atoms with Crippen LogP contribution in [0.15, 0.2) is 36.5 Å². The van der Waals surface area contributed by atoms with Crippen molar-refractivity contribution < 1.29 is 19.2 Å². The molecule has 4 heterocycles. The molecule has 5 rings (SSSR count). The van der Waals surface area contributed by atoms with Gasteiger partial charge in [0.1, 0.15) is 11.9 Å². The summed E-state index contributed by atoms with van der Waals surface area (Å²) < 4.78 is 0. The summed E-state index contributed by atoms with van der Waals surface area (Å²) in [5.74, 6) is -0.268. The second-order valence-corrected chi connectivity index (χ2v) is 8.33. The smallest absolute Gasteiger partial charge is 0.255 e. The van der Waals surface area contributed by atoms with Crippen molar-refractivity contribution in [2.45, 2.75) is 32.0 Å². The highest BCUT2D eigenvalue weighted by molar-refractivity contribution is 6.06. The molecule has 0 bridgehead atoms. The molecular formula is C23H24N6O4. The number of nitrogens with zero attached hydrogens (tertiary/aromatic N) is 3. The molecule has 3 N–H and O–H groups in total. The lowest BCUT2D eigenvalue weighted by molar-refractivity contribution is -0.137. The van der Waals surface area contributed by atoms with Crippen molar-refractivity contribution in [3.05, 3.63) is 53.2 Å². The molecule has 170 valence electrons. The predicted molar refractivity (Wildman–Crippen MR) is 119 cm³/mol. The largest absolute Gasteiger partial charge is 0.366 e. The number of benzene rings is 1. The van der Waals surface area contributed by atoms with Crippen LogP contribution in [-0.4, -0.2) is 59.2 Å². The van der Waals surface area contributed by atoms with Gasteiger partial charge < -0.3 is 20.4 Å². The monoisotopic (exact) mass is 448 g/mol. The van der Waals surface area contributed by atoms with Crippen molar-refractivity contribution in [1.29, 1.82) is 0 Å². The van der Waals surface area contributed by atoms with Crippen molar-refractivity contribution >= 4 is 35.1 Å². The van der Waals surface area contributed by atoms with E-state index >= 15 is 0 Å². The second-order valence-electron chi connectivity index (χ2n) is 8.33. The van der Waals surface area contributed by atoms with Gasteiger partial charge in [0.2, 0.25) is 17.7 Å². The van der Waals surface area contributed by atoms with E-state index < -0.39 is 11.9 Å².